The van der Waals surface area contributed by atoms with Gasteiger partial charge < -0.3 is 15.3 Å². The second-order valence-corrected chi connectivity index (χ2v) is 8.14. The van der Waals surface area contributed by atoms with Crippen LogP contribution in [0.2, 0.25) is 0 Å². The topological polar surface area (TPSA) is 90.4 Å². The molecule has 9 heteroatoms. The first-order valence-corrected chi connectivity index (χ1v) is 10.3. The maximum absolute atomic E-state index is 13.0. The molecule has 0 bridgehead atoms. The van der Waals surface area contributed by atoms with Crippen molar-refractivity contribution in [3.8, 4) is 0 Å². The fraction of sp³-hybridized carbons (Fsp3) is 0.526. The third kappa shape index (κ3) is 5.95. The molecule has 1 aromatic carbocycles. The molecule has 1 aliphatic heterocycles. The highest BCUT2D eigenvalue weighted by molar-refractivity contribution is 7.15. The minimum Gasteiger partial charge on any atom is -0.394 e. The van der Waals surface area contributed by atoms with Crippen molar-refractivity contribution in [2.24, 2.45) is 5.92 Å². The third-order valence-corrected chi connectivity index (χ3v) is 5.79. The highest BCUT2D eigenvalue weighted by atomic mass is 32.1. The number of aliphatic hydroxyl groups excluding tert-OH is 1. The number of nitrogens with one attached hydrogen (secondary N) is 2. The standard InChI is InChI=1S/C19H26FN5O2S/c1-2-17-23-24-19(28-17)22-18(27)21-16(12-26)7-8-25-10-14(11-25)9-13-3-5-15(20)6-4-13/h3-6,14,16,26H,2,7-12H2,1H3,(H2,21,22,24,27)/t16-/m0/s1. The molecule has 1 aliphatic rings. The lowest BCUT2D eigenvalue weighted by Gasteiger charge is -2.40. The second-order valence-electron chi connectivity index (χ2n) is 7.08. The molecule has 28 heavy (non-hydrogen) atoms. The molecular formula is C19H26FN5O2S. The van der Waals surface area contributed by atoms with Gasteiger partial charge in [0.2, 0.25) is 5.13 Å². The molecule has 0 unspecified atom stereocenters. The van der Waals surface area contributed by atoms with E-state index in [1.807, 2.05) is 19.1 Å². The van der Waals surface area contributed by atoms with E-state index in [1.165, 1.54) is 23.5 Å². The number of hydrogen-bond donors (Lipinski definition) is 3. The molecule has 3 rings (SSSR count). The van der Waals surface area contributed by atoms with Gasteiger partial charge in [-0.2, -0.15) is 0 Å². The Morgan fingerprint density at radius 3 is 2.75 bits per heavy atom. The number of likely N-dealkylation sites (tertiary alicyclic amines) is 1. The predicted molar refractivity (Wildman–Crippen MR) is 107 cm³/mol. The maximum atomic E-state index is 13.0. The fourth-order valence-electron chi connectivity index (χ4n) is 3.26. The lowest BCUT2D eigenvalue weighted by atomic mass is 9.92. The molecule has 1 aromatic heterocycles. The normalized spacial score (nSPS) is 15.8. The lowest BCUT2D eigenvalue weighted by molar-refractivity contribution is 0.0917. The molecule has 3 N–H and O–H groups in total. The number of amides is 2. The van der Waals surface area contributed by atoms with Gasteiger partial charge >= 0.3 is 6.03 Å². The highest BCUT2D eigenvalue weighted by Gasteiger charge is 2.27. The quantitative estimate of drug-likeness (QED) is 0.593. The van der Waals surface area contributed by atoms with E-state index in [-0.39, 0.29) is 24.5 Å². The molecular weight excluding hydrogens is 381 g/mol. The molecule has 1 saturated heterocycles. The van der Waals surface area contributed by atoms with Crippen LogP contribution < -0.4 is 10.6 Å². The predicted octanol–water partition coefficient (Wildman–Crippen LogP) is 2.29. The summed E-state index contributed by atoms with van der Waals surface area (Å²) in [5, 5.41) is 24.2. The number of benzene rings is 1. The Hall–Kier alpha value is -2.10. The minimum atomic E-state index is -0.379. The molecule has 0 aliphatic carbocycles. The van der Waals surface area contributed by atoms with Gasteiger partial charge in [0.05, 0.1) is 12.6 Å². The molecule has 2 aromatic rings. The van der Waals surface area contributed by atoms with Crippen molar-refractivity contribution in [1.29, 1.82) is 0 Å². The van der Waals surface area contributed by atoms with Crippen LogP contribution in [0.15, 0.2) is 24.3 Å². The van der Waals surface area contributed by atoms with Crippen molar-refractivity contribution >= 4 is 22.5 Å². The molecule has 0 radical (unpaired) electrons. The van der Waals surface area contributed by atoms with Gasteiger partial charge in [-0.1, -0.05) is 30.4 Å². The van der Waals surface area contributed by atoms with Crippen LogP contribution in [-0.2, 0) is 12.8 Å². The number of urea groups is 1. The van der Waals surface area contributed by atoms with E-state index < -0.39 is 0 Å². The monoisotopic (exact) mass is 407 g/mol. The van der Waals surface area contributed by atoms with Crippen LogP contribution in [-0.4, -0.2) is 58.5 Å². The van der Waals surface area contributed by atoms with Gasteiger partial charge in [-0.3, -0.25) is 5.32 Å². The number of halogens is 1. The first-order chi connectivity index (χ1) is 13.6. The molecule has 1 atom stereocenters. The number of anilines is 1. The second kappa shape index (κ2) is 9.90. The summed E-state index contributed by atoms with van der Waals surface area (Å²) < 4.78 is 13.0. The van der Waals surface area contributed by atoms with Gasteiger partial charge in [0.25, 0.3) is 0 Å². The Balaban J connectivity index is 1.34. The van der Waals surface area contributed by atoms with Gasteiger partial charge in [-0.15, -0.1) is 10.2 Å². The van der Waals surface area contributed by atoms with E-state index in [2.05, 4.69) is 25.7 Å². The van der Waals surface area contributed by atoms with E-state index in [0.717, 1.165) is 43.0 Å². The minimum absolute atomic E-state index is 0.114. The number of carbonyl (C=O) groups is 1. The zero-order valence-electron chi connectivity index (χ0n) is 15.9. The van der Waals surface area contributed by atoms with Crippen LogP contribution in [0.4, 0.5) is 14.3 Å². The van der Waals surface area contributed by atoms with Crippen LogP contribution in [0.3, 0.4) is 0 Å². The summed E-state index contributed by atoms with van der Waals surface area (Å²) in [6, 6.07) is 5.98. The van der Waals surface area contributed by atoms with Crippen LogP contribution >= 0.6 is 11.3 Å². The molecule has 7 nitrogen and oxygen atoms in total. The molecule has 152 valence electrons. The molecule has 2 heterocycles. The Bertz CT molecular complexity index is 764. The third-order valence-electron chi connectivity index (χ3n) is 4.81. The first-order valence-electron chi connectivity index (χ1n) is 9.53. The first kappa shape index (κ1) is 20.6. The van der Waals surface area contributed by atoms with Crippen LogP contribution in [0.25, 0.3) is 0 Å². The van der Waals surface area contributed by atoms with Gasteiger partial charge in [-0.05, 0) is 42.9 Å². The van der Waals surface area contributed by atoms with Crippen molar-refractivity contribution < 1.29 is 14.3 Å². The Morgan fingerprint density at radius 1 is 1.36 bits per heavy atom. The fourth-order valence-corrected chi connectivity index (χ4v) is 3.93. The molecule has 1 fully saturated rings. The van der Waals surface area contributed by atoms with Crippen molar-refractivity contribution in [3.63, 3.8) is 0 Å². The van der Waals surface area contributed by atoms with Crippen molar-refractivity contribution in [2.45, 2.75) is 32.2 Å². The zero-order valence-corrected chi connectivity index (χ0v) is 16.7. The van der Waals surface area contributed by atoms with Crippen LogP contribution in [0, 0.1) is 11.7 Å². The smallest absolute Gasteiger partial charge is 0.321 e. The number of nitrogens with zero attached hydrogens (tertiary/aromatic N) is 3. The van der Waals surface area contributed by atoms with E-state index in [1.54, 1.807) is 0 Å². The Kier molecular flexibility index (Phi) is 7.30. The lowest BCUT2D eigenvalue weighted by Crippen LogP contribution is -2.50. The number of aryl methyl sites for hydroxylation is 1. The number of aliphatic hydroxyl groups is 1. The Labute approximate surface area is 168 Å². The number of hydrogen-bond acceptors (Lipinski definition) is 6. The van der Waals surface area contributed by atoms with Crippen molar-refractivity contribution in [2.75, 3.05) is 31.6 Å². The van der Waals surface area contributed by atoms with E-state index in [0.29, 0.717) is 17.5 Å². The number of aromatic nitrogens is 2. The molecule has 0 saturated carbocycles. The molecule has 0 spiro atoms. The largest absolute Gasteiger partial charge is 0.394 e. The van der Waals surface area contributed by atoms with E-state index in [4.69, 9.17) is 0 Å². The van der Waals surface area contributed by atoms with Crippen molar-refractivity contribution in [1.82, 2.24) is 20.4 Å². The number of rotatable bonds is 9. The number of carbonyl (C=O) groups excluding carboxylic acids is 1. The highest BCUT2D eigenvalue weighted by Crippen LogP contribution is 2.21. The van der Waals surface area contributed by atoms with Crippen molar-refractivity contribution in [3.05, 3.63) is 40.7 Å². The summed E-state index contributed by atoms with van der Waals surface area (Å²) in [7, 11) is 0. The maximum Gasteiger partial charge on any atom is 0.321 e. The van der Waals surface area contributed by atoms with E-state index >= 15 is 0 Å². The van der Waals surface area contributed by atoms with Gasteiger partial charge in [0, 0.05) is 19.6 Å². The summed E-state index contributed by atoms with van der Waals surface area (Å²) in [6.07, 6.45) is 2.39. The van der Waals surface area contributed by atoms with Gasteiger partial charge in [0.1, 0.15) is 10.8 Å². The SMILES string of the molecule is CCc1nnc(NC(=O)N[C@H](CO)CCN2CC(Cc3ccc(F)cc3)C2)s1. The summed E-state index contributed by atoms with van der Waals surface area (Å²) in [4.78, 5) is 14.4. The zero-order chi connectivity index (χ0) is 19.9. The average molecular weight is 408 g/mol. The summed E-state index contributed by atoms with van der Waals surface area (Å²) in [5.74, 6) is 0.363. The van der Waals surface area contributed by atoms with Crippen LogP contribution in [0.1, 0.15) is 23.9 Å². The van der Waals surface area contributed by atoms with Gasteiger partial charge in [0.15, 0.2) is 0 Å². The summed E-state index contributed by atoms with van der Waals surface area (Å²) in [5.41, 5.74) is 1.15. The van der Waals surface area contributed by atoms with Crippen LogP contribution in [0.5, 0.6) is 0 Å². The average Bonchev–Trinajstić information content (AvgIpc) is 3.11. The van der Waals surface area contributed by atoms with Gasteiger partial charge in [-0.25, -0.2) is 9.18 Å². The molecule has 2 amide bonds. The summed E-state index contributed by atoms with van der Waals surface area (Å²) >= 11 is 1.34. The summed E-state index contributed by atoms with van der Waals surface area (Å²) in [6.45, 7) is 4.63. The van der Waals surface area contributed by atoms with E-state index in [9.17, 15) is 14.3 Å². The Morgan fingerprint density at radius 2 is 2.11 bits per heavy atom.